The molecule has 0 bridgehead atoms. The fourth-order valence-electron chi connectivity index (χ4n) is 1.17. The molecule has 0 aliphatic rings. The van der Waals surface area contributed by atoms with Crippen LogP contribution in [0.4, 0.5) is 0 Å². The van der Waals surface area contributed by atoms with Crippen molar-refractivity contribution in [3.8, 4) is 0 Å². The second kappa shape index (κ2) is 7.51. The molecule has 0 aromatic heterocycles. The highest BCUT2D eigenvalue weighted by molar-refractivity contribution is 7.80. The van der Waals surface area contributed by atoms with E-state index in [2.05, 4.69) is 17.9 Å². The highest BCUT2D eigenvalue weighted by Gasteiger charge is 2.24. The van der Waals surface area contributed by atoms with Gasteiger partial charge in [0.25, 0.3) is 0 Å². The van der Waals surface area contributed by atoms with Crippen LogP contribution in [0.15, 0.2) is 0 Å². The molecule has 6 heteroatoms. The Bertz CT molecular complexity index is 248. The number of hydrogen-bond acceptors (Lipinski definition) is 4. The van der Waals surface area contributed by atoms with Gasteiger partial charge in [0, 0.05) is 0 Å². The van der Waals surface area contributed by atoms with Gasteiger partial charge in [0.05, 0.1) is 6.04 Å². The Morgan fingerprint density at radius 3 is 2.44 bits per heavy atom. The summed E-state index contributed by atoms with van der Waals surface area (Å²) in [5.74, 6) is -1.04. The zero-order valence-corrected chi connectivity index (χ0v) is 10.5. The molecule has 5 nitrogen and oxygen atoms in total. The van der Waals surface area contributed by atoms with Crippen molar-refractivity contribution >= 4 is 24.5 Å². The van der Waals surface area contributed by atoms with Crippen LogP contribution in [-0.2, 0) is 9.59 Å². The predicted molar refractivity (Wildman–Crippen MR) is 65.5 cm³/mol. The van der Waals surface area contributed by atoms with Crippen molar-refractivity contribution in [3.05, 3.63) is 0 Å². The summed E-state index contributed by atoms with van der Waals surface area (Å²) in [5.41, 5.74) is 5.69. The summed E-state index contributed by atoms with van der Waals surface area (Å²) in [5, 5.41) is 11.3. The number of amides is 1. The van der Waals surface area contributed by atoms with Crippen LogP contribution in [0, 0.1) is 5.92 Å². The van der Waals surface area contributed by atoms with Crippen molar-refractivity contribution in [3.63, 3.8) is 0 Å². The van der Waals surface area contributed by atoms with Gasteiger partial charge in [-0.15, -0.1) is 0 Å². The highest BCUT2D eigenvalue weighted by atomic mass is 32.1. The van der Waals surface area contributed by atoms with Gasteiger partial charge in [-0.2, -0.15) is 12.6 Å². The lowest BCUT2D eigenvalue weighted by molar-refractivity contribution is -0.142. The van der Waals surface area contributed by atoms with Crippen molar-refractivity contribution in [2.75, 3.05) is 5.75 Å². The first-order valence-electron chi connectivity index (χ1n) is 5.33. The van der Waals surface area contributed by atoms with Gasteiger partial charge in [-0.05, 0) is 18.1 Å². The smallest absolute Gasteiger partial charge is 0.326 e. The zero-order valence-electron chi connectivity index (χ0n) is 9.64. The van der Waals surface area contributed by atoms with Gasteiger partial charge in [0.1, 0.15) is 6.04 Å². The predicted octanol–water partition coefficient (Wildman–Crippen LogP) is 0.249. The Kier molecular flexibility index (Phi) is 7.16. The fourth-order valence-corrected chi connectivity index (χ4v) is 1.42. The van der Waals surface area contributed by atoms with E-state index in [0.717, 1.165) is 6.42 Å². The van der Waals surface area contributed by atoms with Crippen LogP contribution in [0.3, 0.4) is 0 Å². The molecule has 0 rings (SSSR count). The van der Waals surface area contributed by atoms with Gasteiger partial charge >= 0.3 is 5.97 Å². The molecule has 94 valence electrons. The van der Waals surface area contributed by atoms with Crippen LogP contribution < -0.4 is 11.1 Å². The van der Waals surface area contributed by atoms with Crippen LogP contribution in [0.25, 0.3) is 0 Å². The Hall–Kier alpha value is -0.750. The van der Waals surface area contributed by atoms with Crippen LogP contribution >= 0.6 is 12.6 Å². The lowest BCUT2D eigenvalue weighted by Crippen LogP contribution is -2.50. The first-order chi connectivity index (χ1) is 7.43. The summed E-state index contributed by atoms with van der Waals surface area (Å²) in [6.07, 6.45) is 1.07. The van der Waals surface area contributed by atoms with Crippen LogP contribution in [-0.4, -0.2) is 34.8 Å². The minimum atomic E-state index is -1.06. The van der Waals surface area contributed by atoms with Gasteiger partial charge in [-0.25, -0.2) is 4.79 Å². The number of carbonyl (C=O) groups excluding carboxylic acids is 1. The van der Waals surface area contributed by atoms with E-state index < -0.39 is 24.0 Å². The summed E-state index contributed by atoms with van der Waals surface area (Å²) < 4.78 is 0. The van der Waals surface area contributed by atoms with Crippen LogP contribution in [0.2, 0.25) is 0 Å². The molecular weight excluding hydrogens is 228 g/mol. The third-order valence-corrected chi connectivity index (χ3v) is 2.85. The fraction of sp³-hybridized carbons (Fsp3) is 0.800. The first kappa shape index (κ1) is 15.2. The molecule has 1 amide bonds. The van der Waals surface area contributed by atoms with Crippen molar-refractivity contribution in [1.29, 1.82) is 0 Å². The molecule has 3 atom stereocenters. The first-order valence-corrected chi connectivity index (χ1v) is 5.96. The Morgan fingerprint density at radius 1 is 1.50 bits per heavy atom. The van der Waals surface area contributed by atoms with E-state index in [4.69, 9.17) is 10.8 Å². The molecule has 0 radical (unpaired) electrons. The number of nitrogens with two attached hydrogens (primary N) is 1. The normalized spacial score (nSPS) is 16.2. The monoisotopic (exact) mass is 248 g/mol. The maximum absolute atomic E-state index is 11.6. The second-order valence-corrected chi connectivity index (χ2v) is 4.27. The molecule has 0 aromatic carbocycles. The summed E-state index contributed by atoms with van der Waals surface area (Å²) in [6.45, 7) is 3.79. The zero-order chi connectivity index (χ0) is 12.7. The minimum absolute atomic E-state index is 0.0328. The third-order valence-electron chi connectivity index (χ3n) is 2.59. The number of carboxylic acid groups (broad SMARTS) is 1. The molecule has 4 N–H and O–H groups in total. The Morgan fingerprint density at radius 2 is 2.06 bits per heavy atom. The molecule has 0 heterocycles. The SMILES string of the molecule is CC[C@H](C)[C@H](N)C(=O)N[C@@H](CCS)C(=O)O. The van der Waals surface area contributed by atoms with Crippen LogP contribution in [0.1, 0.15) is 26.7 Å². The minimum Gasteiger partial charge on any atom is -0.480 e. The average Bonchev–Trinajstić information content (AvgIpc) is 2.25. The molecule has 0 saturated carbocycles. The number of rotatable bonds is 7. The molecule has 0 aromatic rings. The highest BCUT2D eigenvalue weighted by Crippen LogP contribution is 2.06. The van der Waals surface area contributed by atoms with Crippen molar-refractivity contribution in [2.24, 2.45) is 11.7 Å². The molecule has 0 aliphatic carbocycles. The molecule has 0 unspecified atom stereocenters. The molecule has 0 saturated heterocycles. The third kappa shape index (κ3) is 4.85. The number of carboxylic acids is 1. The summed E-state index contributed by atoms with van der Waals surface area (Å²) >= 11 is 3.94. The van der Waals surface area contributed by atoms with E-state index in [9.17, 15) is 9.59 Å². The van der Waals surface area contributed by atoms with Crippen molar-refractivity contribution in [2.45, 2.75) is 38.8 Å². The largest absolute Gasteiger partial charge is 0.480 e. The van der Waals surface area contributed by atoms with Crippen molar-refractivity contribution < 1.29 is 14.7 Å². The standard InChI is InChI=1S/C10H20N2O3S/c1-3-6(2)8(11)9(13)12-7(4-5-16)10(14)15/h6-8,16H,3-5,11H2,1-2H3,(H,12,13)(H,14,15)/t6-,7-,8-/m0/s1. The van der Waals surface area contributed by atoms with Gasteiger partial charge in [-0.3, -0.25) is 4.79 Å². The van der Waals surface area contributed by atoms with Gasteiger partial charge < -0.3 is 16.2 Å². The number of hydrogen-bond donors (Lipinski definition) is 4. The molecule has 0 spiro atoms. The number of nitrogens with one attached hydrogen (secondary N) is 1. The number of carbonyl (C=O) groups is 2. The second-order valence-electron chi connectivity index (χ2n) is 3.82. The lowest BCUT2D eigenvalue weighted by Gasteiger charge is -2.20. The van der Waals surface area contributed by atoms with E-state index in [1.807, 2.05) is 13.8 Å². The lowest BCUT2D eigenvalue weighted by atomic mass is 9.99. The maximum Gasteiger partial charge on any atom is 0.326 e. The summed E-state index contributed by atoms with van der Waals surface area (Å²) in [4.78, 5) is 22.4. The topological polar surface area (TPSA) is 92.4 Å². The quantitative estimate of drug-likeness (QED) is 0.486. The summed E-state index contributed by atoms with van der Waals surface area (Å²) in [7, 11) is 0. The summed E-state index contributed by atoms with van der Waals surface area (Å²) in [6, 6.07) is -1.56. The molecule has 16 heavy (non-hydrogen) atoms. The van der Waals surface area contributed by atoms with Crippen molar-refractivity contribution in [1.82, 2.24) is 5.32 Å². The van der Waals surface area contributed by atoms with E-state index in [1.165, 1.54) is 0 Å². The van der Waals surface area contributed by atoms with E-state index >= 15 is 0 Å². The molecular formula is C10H20N2O3S. The number of aliphatic carboxylic acids is 1. The molecule has 0 aliphatic heterocycles. The van der Waals surface area contributed by atoms with Gasteiger partial charge in [0.15, 0.2) is 0 Å². The van der Waals surface area contributed by atoms with E-state index in [-0.39, 0.29) is 12.3 Å². The Labute approximate surface area is 101 Å². The number of thiol groups is 1. The van der Waals surface area contributed by atoms with Gasteiger partial charge in [0.2, 0.25) is 5.91 Å². The molecule has 0 fully saturated rings. The van der Waals surface area contributed by atoms with E-state index in [0.29, 0.717) is 5.75 Å². The van der Waals surface area contributed by atoms with E-state index in [1.54, 1.807) is 0 Å². The van der Waals surface area contributed by atoms with Crippen LogP contribution in [0.5, 0.6) is 0 Å². The maximum atomic E-state index is 11.6. The Balaban J connectivity index is 4.34. The average molecular weight is 248 g/mol. The van der Waals surface area contributed by atoms with Gasteiger partial charge in [-0.1, -0.05) is 20.3 Å².